The van der Waals surface area contributed by atoms with Crippen LogP contribution in [0.15, 0.2) is 200 Å². The summed E-state index contributed by atoms with van der Waals surface area (Å²) in [6.07, 6.45) is 1.93. The first-order valence-corrected chi connectivity index (χ1v) is 19.8. The van der Waals surface area contributed by atoms with Crippen LogP contribution in [-0.2, 0) is 5.41 Å². The van der Waals surface area contributed by atoms with Crippen molar-refractivity contribution in [2.75, 3.05) is 16.5 Å². The number of fused-ring (bicyclic) bond motifs is 4. The molecule has 0 bridgehead atoms. The highest BCUT2D eigenvalue weighted by molar-refractivity contribution is 6.09. The van der Waals surface area contributed by atoms with Gasteiger partial charge >= 0.3 is 0 Å². The minimum atomic E-state index is -0.656. The van der Waals surface area contributed by atoms with Gasteiger partial charge in [-0.15, -0.1) is 0 Å². The smallest absolute Gasteiger partial charge is 0.138 e. The Kier molecular flexibility index (Phi) is 8.30. The van der Waals surface area contributed by atoms with E-state index in [0.717, 1.165) is 29.1 Å². The third-order valence-electron chi connectivity index (χ3n) is 11.7. The van der Waals surface area contributed by atoms with Crippen molar-refractivity contribution in [3.05, 3.63) is 223 Å². The molecule has 3 heterocycles. The van der Waals surface area contributed by atoms with E-state index in [1.54, 1.807) is 0 Å². The van der Waals surface area contributed by atoms with Crippen molar-refractivity contribution < 1.29 is 0 Å². The predicted molar refractivity (Wildman–Crippen MR) is 238 cm³/mol. The molecule has 0 N–H and O–H groups in total. The van der Waals surface area contributed by atoms with Crippen LogP contribution in [0.4, 0.5) is 17.1 Å². The fourth-order valence-corrected chi connectivity index (χ4v) is 9.09. The molecule has 10 rings (SSSR count). The Morgan fingerprint density at radius 1 is 0.456 bits per heavy atom. The van der Waals surface area contributed by atoms with E-state index in [1.807, 2.05) is 6.20 Å². The van der Waals surface area contributed by atoms with Crippen LogP contribution in [0.2, 0.25) is 0 Å². The second-order valence-corrected chi connectivity index (χ2v) is 16.0. The van der Waals surface area contributed by atoms with Gasteiger partial charge in [0.2, 0.25) is 0 Å². The quantitative estimate of drug-likeness (QED) is 0.152. The first kappa shape index (κ1) is 34.6. The maximum atomic E-state index is 5.02. The summed E-state index contributed by atoms with van der Waals surface area (Å²) in [6.45, 7) is 7.66. The lowest BCUT2D eigenvalue weighted by Gasteiger charge is -2.38. The molecule has 0 unspecified atom stereocenters. The number of aromatic nitrogens is 2. The van der Waals surface area contributed by atoms with Crippen molar-refractivity contribution in [2.24, 2.45) is 0 Å². The molecule has 2 aromatic heterocycles. The van der Waals surface area contributed by atoms with E-state index >= 15 is 0 Å². The average molecular weight is 737 g/mol. The zero-order chi connectivity index (χ0) is 38.6. The molecule has 0 saturated heterocycles. The lowest BCUT2D eigenvalue weighted by molar-refractivity contribution is 0.518. The summed E-state index contributed by atoms with van der Waals surface area (Å²) in [4.78, 5) is 10.00. The van der Waals surface area contributed by atoms with Gasteiger partial charge in [-0.1, -0.05) is 146 Å². The molecule has 0 radical (unpaired) electrons. The molecule has 0 amide bonds. The van der Waals surface area contributed by atoms with Crippen LogP contribution in [-0.4, -0.2) is 21.8 Å². The Morgan fingerprint density at radius 3 is 1.77 bits per heavy atom. The molecule has 57 heavy (non-hydrogen) atoms. The number of pyridine rings is 1. The first-order chi connectivity index (χ1) is 27.9. The Hall–Kier alpha value is -6.91. The maximum absolute atomic E-state index is 5.02. The second kappa shape index (κ2) is 13.7. The van der Waals surface area contributed by atoms with Crippen LogP contribution < -0.4 is 9.80 Å². The van der Waals surface area contributed by atoms with Crippen LogP contribution in [0, 0.1) is 0 Å². The first-order valence-electron chi connectivity index (χ1n) is 19.8. The monoisotopic (exact) mass is 736 g/mol. The molecule has 0 spiro atoms. The average Bonchev–Trinajstić information content (AvgIpc) is 3.82. The fourth-order valence-electron chi connectivity index (χ4n) is 9.09. The molecule has 1 aliphatic rings. The molecule has 0 aliphatic carbocycles. The van der Waals surface area contributed by atoms with Crippen LogP contribution in [0.1, 0.15) is 43.0 Å². The summed E-state index contributed by atoms with van der Waals surface area (Å²) in [5.41, 5.74) is 12.3. The van der Waals surface area contributed by atoms with Gasteiger partial charge in [-0.05, 0) is 103 Å². The van der Waals surface area contributed by atoms with Gasteiger partial charge in [0.25, 0.3) is 0 Å². The van der Waals surface area contributed by atoms with E-state index in [1.165, 1.54) is 55.7 Å². The summed E-state index contributed by atoms with van der Waals surface area (Å²) in [7, 11) is 0. The predicted octanol–water partition coefficient (Wildman–Crippen LogP) is 12.9. The van der Waals surface area contributed by atoms with Crippen molar-refractivity contribution in [3.63, 3.8) is 0 Å². The van der Waals surface area contributed by atoms with Gasteiger partial charge < -0.3 is 9.80 Å². The minimum Gasteiger partial charge on any atom is -0.347 e. The number of hydrogen-bond acceptors (Lipinski definition) is 3. The lowest BCUT2D eigenvalue weighted by atomic mass is 9.65. The Balaban J connectivity index is 1.24. The number of para-hydroxylation sites is 3. The Bertz CT molecular complexity index is 2830. The van der Waals surface area contributed by atoms with Crippen molar-refractivity contribution in [1.82, 2.24) is 9.55 Å². The largest absolute Gasteiger partial charge is 0.347 e. The SMILES string of the molecule is CC(C)(C)N1CN(c2cccc(C(c3ccccc3)(c3ccccc3)c3ccc4c5ccccc5n(-c5cc(-c6ccccc6)ccn5)c4c3)c2)c2ccccc21. The third kappa shape index (κ3) is 5.71. The van der Waals surface area contributed by atoms with Gasteiger partial charge in [-0.25, -0.2) is 4.98 Å². The molecule has 0 atom stereocenters. The van der Waals surface area contributed by atoms with Crippen LogP contribution >= 0.6 is 0 Å². The molecule has 0 saturated carbocycles. The molecule has 9 aromatic rings. The summed E-state index contributed by atoms with van der Waals surface area (Å²) < 4.78 is 2.35. The number of anilines is 3. The number of hydrogen-bond donors (Lipinski definition) is 0. The zero-order valence-corrected chi connectivity index (χ0v) is 32.5. The number of nitrogens with zero attached hydrogens (tertiary/aromatic N) is 4. The van der Waals surface area contributed by atoms with Crippen molar-refractivity contribution in [3.8, 4) is 16.9 Å². The highest BCUT2D eigenvalue weighted by Gasteiger charge is 2.40. The van der Waals surface area contributed by atoms with E-state index in [2.05, 4.69) is 229 Å². The number of benzene rings is 7. The summed E-state index contributed by atoms with van der Waals surface area (Å²) in [5, 5.41) is 2.40. The zero-order valence-electron chi connectivity index (χ0n) is 32.5. The van der Waals surface area contributed by atoms with Gasteiger partial charge in [0.1, 0.15) is 5.82 Å². The Labute approximate surface area is 334 Å². The second-order valence-electron chi connectivity index (χ2n) is 16.0. The van der Waals surface area contributed by atoms with E-state index in [9.17, 15) is 0 Å². The highest BCUT2D eigenvalue weighted by Crippen LogP contribution is 2.49. The van der Waals surface area contributed by atoms with Crippen molar-refractivity contribution in [2.45, 2.75) is 31.7 Å². The van der Waals surface area contributed by atoms with Crippen LogP contribution in [0.3, 0.4) is 0 Å². The van der Waals surface area contributed by atoms with Crippen molar-refractivity contribution in [1.29, 1.82) is 0 Å². The molecule has 7 aromatic carbocycles. The molecular weight excluding hydrogens is 693 g/mol. The summed E-state index contributed by atoms with van der Waals surface area (Å²) in [6, 6.07) is 70.8. The lowest BCUT2D eigenvalue weighted by Crippen LogP contribution is -2.42. The van der Waals surface area contributed by atoms with E-state index < -0.39 is 5.41 Å². The van der Waals surface area contributed by atoms with Crippen LogP contribution in [0.25, 0.3) is 38.8 Å². The molecule has 276 valence electrons. The van der Waals surface area contributed by atoms with Gasteiger partial charge in [-0.3, -0.25) is 4.57 Å². The minimum absolute atomic E-state index is 0.0381. The van der Waals surface area contributed by atoms with Crippen LogP contribution in [0.5, 0.6) is 0 Å². The Morgan fingerprint density at radius 2 is 1.05 bits per heavy atom. The number of rotatable bonds is 7. The van der Waals surface area contributed by atoms with E-state index in [-0.39, 0.29) is 5.54 Å². The van der Waals surface area contributed by atoms with Gasteiger partial charge in [0.05, 0.1) is 34.5 Å². The van der Waals surface area contributed by atoms with Crippen molar-refractivity contribution >= 4 is 38.9 Å². The fraction of sp³-hybridized carbons (Fsp3) is 0.113. The third-order valence-corrected chi connectivity index (χ3v) is 11.7. The highest BCUT2D eigenvalue weighted by atomic mass is 15.4. The molecule has 0 fully saturated rings. The topological polar surface area (TPSA) is 24.3 Å². The summed E-state index contributed by atoms with van der Waals surface area (Å²) >= 11 is 0. The molecule has 4 nitrogen and oxygen atoms in total. The molecule has 4 heteroatoms. The molecular formula is C53H44N4. The van der Waals surface area contributed by atoms with Gasteiger partial charge in [-0.2, -0.15) is 0 Å². The maximum Gasteiger partial charge on any atom is 0.138 e. The van der Waals surface area contributed by atoms with E-state index in [4.69, 9.17) is 4.98 Å². The van der Waals surface area contributed by atoms with Gasteiger partial charge in [0.15, 0.2) is 0 Å². The van der Waals surface area contributed by atoms with Gasteiger partial charge in [0, 0.05) is 28.2 Å². The van der Waals surface area contributed by atoms with E-state index in [0.29, 0.717) is 0 Å². The summed E-state index contributed by atoms with van der Waals surface area (Å²) in [5.74, 6) is 0.892. The standard InChI is InChI=1S/C53H44N4/c1-52(2,3)56-37-55(48-28-15-16-29-49(48)56)44-25-17-24-42(35-44)53(40-20-9-5-10-21-40,41-22-11-6-12-23-41)43-30-31-46-45-26-13-14-27-47(45)57(50(46)36-43)51-34-39(32-33-54-51)38-18-7-4-8-19-38/h4-36H,37H2,1-3H3. The molecule has 1 aliphatic heterocycles. The normalized spacial score (nSPS) is 13.0.